The Morgan fingerprint density at radius 2 is 1.90 bits per heavy atom. The summed E-state index contributed by atoms with van der Waals surface area (Å²) in [6, 6.07) is 9.03. The van der Waals surface area contributed by atoms with Gasteiger partial charge in [-0.05, 0) is 52.3 Å². The van der Waals surface area contributed by atoms with E-state index in [0.29, 0.717) is 26.4 Å². The van der Waals surface area contributed by atoms with Crippen molar-refractivity contribution in [1.29, 1.82) is 0 Å². The van der Waals surface area contributed by atoms with Gasteiger partial charge < -0.3 is 10.6 Å². The van der Waals surface area contributed by atoms with Crippen molar-refractivity contribution >= 4 is 44.8 Å². The minimum Gasteiger partial charge on any atom is -0.387 e. The van der Waals surface area contributed by atoms with Gasteiger partial charge in [-0.2, -0.15) is 0 Å². The van der Waals surface area contributed by atoms with E-state index in [2.05, 4.69) is 26.6 Å². The van der Waals surface area contributed by atoms with Gasteiger partial charge in [0.2, 0.25) is 0 Å². The van der Waals surface area contributed by atoms with Crippen LogP contribution in [0.1, 0.15) is 10.4 Å². The average molecular weight is 358 g/mol. The second-order valence-corrected chi connectivity index (χ2v) is 5.31. The van der Waals surface area contributed by atoms with Crippen molar-refractivity contribution in [3.8, 4) is 0 Å². The Balaban J connectivity index is 2.30. The molecule has 0 atom stereocenters. The third-order valence-electron chi connectivity index (χ3n) is 2.67. The molecule has 0 aliphatic heterocycles. The molecule has 0 saturated carbocycles. The molecule has 0 fully saturated rings. The summed E-state index contributed by atoms with van der Waals surface area (Å²) in [6.07, 6.45) is 0. The van der Waals surface area contributed by atoms with Crippen molar-refractivity contribution in [3.63, 3.8) is 0 Å². The van der Waals surface area contributed by atoms with Crippen molar-refractivity contribution in [2.45, 2.75) is 0 Å². The van der Waals surface area contributed by atoms with Crippen molar-refractivity contribution in [2.75, 3.05) is 17.7 Å². The van der Waals surface area contributed by atoms with Gasteiger partial charge >= 0.3 is 0 Å². The molecule has 0 aliphatic rings. The minimum absolute atomic E-state index is 0.329. The molecule has 0 unspecified atom stereocenters. The Morgan fingerprint density at radius 1 is 1.20 bits per heavy atom. The van der Waals surface area contributed by atoms with Gasteiger partial charge in [-0.1, -0.05) is 11.6 Å². The van der Waals surface area contributed by atoms with Crippen LogP contribution in [-0.2, 0) is 0 Å². The monoisotopic (exact) mass is 356 g/mol. The predicted molar refractivity (Wildman–Crippen MR) is 83.1 cm³/mol. The Bertz CT molecular complexity index is 664. The number of benzene rings is 2. The van der Waals surface area contributed by atoms with Crippen LogP contribution in [0, 0.1) is 5.82 Å². The zero-order valence-corrected chi connectivity index (χ0v) is 12.8. The smallest absolute Gasteiger partial charge is 0.257 e. The molecule has 2 rings (SSSR count). The molecule has 2 aromatic carbocycles. The van der Waals surface area contributed by atoms with Crippen molar-refractivity contribution in [1.82, 2.24) is 0 Å². The van der Waals surface area contributed by atoms with E-state index in [9.17, 15) is 9.18 Å². The molecule has 20 heavy (non-hydrogen) atoms. The Labute approximate surface area is 129 Å². The summed E-state index contributed by atoms with van der Waals surface area (Å²) in [7, 11) is 1.72. The summed E-state index contributed by atoms with van der Waals surface area (Å²) in [6.45, 7) is 0. The number of hydrogen-bond donors (Lipinski definition) is 2. The highest BCUT2D eigenvalue weighted by atomic mass is 79.9. The Hall–Kier alpha value is -1.59. The molecule has 2 aromatic rings. The quantitative estimate of drug-likeness (QED) is 0.847. The van der Waals surface area contributed by atoms with Crippen LogP contribution in [0.15, 0.2) is 40.9 Å². The molecule has 0 aliphatic carbocycles. The lowest BCUT2D eigenvalue weighted by atomic mass is 10.1. The highest BCUT2D eigenvalue weighted by Gasteiger charge is 2.13. The SMILES string of the molecule is CNc1ccc(Cl)cc1C(=O)Nc1ccc(F)cc1Br. The molecule has 0 bridgehead atoms. The maximum absolute atomic E-state index is 13.0. The maximum Gasteiger partial charge on any atom is 0.257 e. The molecule has 0 aromatic heterocycles. The summed E-state index contributed by atoms with van der Waals surface area (Å²) in [4.78, 5) is 12.3. The van der Waals surface area contributed by atoms with Crippen LogP contribution in [0.5, 0.6) is 0 Å². The van der Waals surface area contributed by atoms with Gasteiger partial charge in [0.1, 0.15) is 5.82 Å². The molecule has 0 saturated heterocycles. The third-order valence-corrected chi connectivity index (χ3v) is 3.57. The summed E-state index contributed by atoms with van der Waals surface area (Å²) in [5.41, 5.74) is 1.56. The number of amides is 1. The fourth-order valence-corrected chi connectivity index (χ4v) is 2.32. The summed E-state index contributed by atoms with van der Waals surface area (Å²) in [5, 5.41) is 6.09. The van der Waals surface area contributed by atoms with Gasteiger partial charge in [0.05, 0.1) is 11.3 Å². The lowest BCUT2D eigenvalue weighted by Crippen LogP contribution is -2.14. The van der Waals surface area contributed by atoms with Gasteiger partial charge in [-0.3, -0.25) is 4.79 Å². The first-order chi connectivity index (χ1) is 9.51. The summed E-state index contributed by atoms with van der Waals surface area (Å²) < 4.78 is 13.5. The summed E-state index contributed by atoms with van der Waals surface area (Å²) >= 11 is 9.11. The Morgan fingerprint density at radius 3 is 2.55 bits per heavy atom. The summed E-state index contributed by atoms with van der Waals surface area (Å²) in [5.74, 6) is -0.710. The number of hydrogen-bond acceptors (Lipinski definition) is 2. The van der Waals surface area contributed by atoms with Crippen LogP contribution < -0.4 is 10.6 Å². The molecular formula is C14H11BrClFN2O. The molecule has 1 amide bonds. The van der Waals surface area contributed by atoms with E-state index in [4.69, 9.17) is 11.6 Å². The molecule has 6 heteroatoms. The van der Waals surface area contributed by atoms with Crippen LogP contribution in [0.2, 0.25) is 5.02 Å². The number of carbonyl (C=O) groups is 1. The number of nitrogens with one attached hydrogen (secondary N) is 2. The van der Waals surface area contributed by atoms with Crippen LogP contribution in [0.25, 0.3) is 0 Å². The third kappa shape index (κ3) is 3.29. The molecule has 0 radical (unpaired) electrons. The van der Waals surface area contributed by atoms with E-state index < -0.39 is 0 Å². The number of halogens is 3. The topological polar surface area (TPSA) is 41.1 Å². The van der Waals surface area contributed by atoms with Crippen LogP contribution in [-0.4, -0.2) is 13.0 Å². The second-order valence-electron chi connectivity index (χ2n) is 4.02. The first kappa shape index (κ1) is 14.8. The largest absolute Gasteiger partial charge is 0.387 e. The van der Waals surface area contributed by atoms with Crippen LogP contribution in [0.3, 0.4) is 0 Å². The van der Waals surface area contributed by atoms with Crippen molar-refractivity contribution in [2.24, 2.45) is 0 Å². The molecule has 2 N–H and O–H groups in total. The first-order valence-electron chi connectivity index (χ1n) is 5.75. The van der Waals surface area contributed by atoms with E-state index in [1.807, 2.05) is 0 Å². The number of rotatable bonds is 3. The molecular weight excluding hydrogens is 347 g/mol. The molecule has 0 heterocycles. The minimum atomic E-state index is -0.381. The zero-order chi connectivity index (χ0) is 14.7. The number of anilines is 2. The van der Waals surface area contributed by atoms with Crippen molar-refractivity contribution in [3.05, 3.63) is 57.3 Å². The number of carbonyl (C=O) groups excluding carboxylic acids is 1. The normalized spacial score (nSPS) is 10.2. The molecule has 0 spiro atoms. The van der Waals surface area contributed by atoms with Gasteiger partial charge in [0, 0.05) is 22.2 Å². The van der Waals surface area contributed by atoms with E-state index >= 15 is 0 Å². The predicted octanol–water partition coefficient (Wildman–Crippen LogP) is 4.54. The zero-order valence-electron chi connectivity index (χ0n) is 10.5. The van der Waals surface area contributed by atoms with E-state index in [1.54, 1.807) is 25.2 Å². The average Bonchev–Trinajstić information content (AvgIpc) is 2.41. The fourth-order valence-electron chi connectivity index (χ4n) is 1.70. The highest BCUT2D eigenvalue weighted by Crippen LogP contribution is 2.26. The first-order valence-corrected chi connectivity index (χ1v) is 6.92. The van der Waals surface area contributed by atoms with E-state index in [-0.39, 0.29) is 11.7 Å². The maximum atomic E-state index is 13.0. The van der Waals surface area contributed by atoms with E-state index in [1.165, 1.54) is 18.2 Å². The molecule has 104 valence electrons. The molecule has 3 nitrogen and oxygen atoms in total. The second kappa shape index (κ2) is 6.24. The van der Waals surface area contributed by atoms with Gasteiger partial charge in [0.15, 0.2) is 0 Å². The van der Waals surface area contributed by atoms with Gasteiger partial charge in [0.25, 0.3) is 5.91 Å². The lowest BCUT2D eigenvalue weighted by molar-refractivity contribution is 0.102. The standard InChI is InChI=1S/C14H11BrClFN2O/c1-18-12-4-2-8(16)6-10(12)14(20)19-13-5-3-9(17)7-11(13)15/h2-7,18H,1H3,(H,19,20). The van der Waals surface area contributed by atoms with E-state index in [0.717, 1.165) is 0 Å². The van der Waals surface area contributed by atoms with Gasteiger partial charge in [-0.25, -0.2) is 4.39 Å². The van der Waals surface area contributed by atoms with Crippen LogP contribution >= 0.6 is 27.5 Å². The van der Waals surface area contributed by atoms with Crippen LogP contribution in [0.4, 0.5) is 15.8 Å². The lowest BCUT2D eigenvalue weighted by Gasteiger charge is -2.11. The highest BCUT2D eigenvalue weighted by molar-refractivity contribution is 9.10. The van der Waals surface area contributed by atoms with Crippen molar-refractivity contribution < 1.29 is 9.18 Å². The Kier molecular flexibility index (Phi) is 4.62. The fraction of sp³-hybridized carbons (Fsp3) is 0.0714. The van der Waals surface area contributed by atoms with Gasteiger partial charge in [-0.15, -0.1) is 0 Å².